The van der Waals surface area contributed by atoms with Gasteiger partial charge in [0.1, 0.15) is 11.6 Å². The van der Waals surface area contributed by atoms with Gasteiger partial charge in [-0.2, -0.15) is 5.26 Å². The van der Waals surface area contributed by atoms with Crippen LogP contribution in [0.3, 0.4) is 0 Å². The molecule has 2 rings (SSSR count). The lowest BCUT2D eigenvalue weighted by molar-refractivity contribution is 0.101. The Morgan fingerprint density at radius 1 is 1.19 bits per heavy atom. The van der Waals surface area contributed by atoms with Gasteiger partial charge in [0.15, 0.2) is 5.78 Å². The summed E-state index contributed by atoms with van der Waals surface area (Å²) in [7, 11) is 0. The molecule has 134 valence electrons. The SMILES string of the molecule is CC(=O)c1c(F)cc(F)cc1NC(=O)c1cc(C#N)ccc1SC(C)C. The van der Waals surface area contributed by atoms with Crippen LogP contribution in [0.5, 0.6) is 0 Å². The van der Waals surface area contributed by atoms with Crippen LogP contribution < -0.4 is 5.32 Å². The van der Waals surface area contributed by atoms with Gasteiger partial charge < -0.3 is 5.32 Å². The Kier molecular flexibility index (Phi) is 6.11. The van der Waals surface area contributed by atoms with Crippen molar-refractivity contribution in [3.05, 3.63) is 58.7 Å². The molecule has 2 aromatic rings. The maximum Gasteiger partial charge on any atom is 0.256 e. The third-order valence-electron chi connectivity index (χ3n) is 3.37. The molecular formula is C19H16F2N2O2S. The van der Waals surface area contributed by atoms with E-state index >= 15 is 0 Å². The molecule has 1 amide bonds. The van der Waals surface area contributed by atoms with Crippen LogP contribution in [0, 0.1) is 23.0 Å². The molecule has 0 bridgehead atoms. The Hall–Kier alpha value is -2.72. The first-order valence-corrected chi connectivity index (χ1v) is 8.63. The summed E-state index contributed by atoms with van der Waals surface area (Å²) >= 11 is 1.41. The van der Waals surface area contributed by atoms with Crippen LogP contribution in [-0.4, -0.2) is 16.9 Å². The van der Waals surface area contributed by atoms with Crippen LogP contribution in [0.25, 0.3) is 0 Å². The van der Waals surface area contributed by atoms with E-state index in [1.54, 1.807) is 12.1 Å². The number of thioether (sulfide) groups is 1. The van der Waals surface area contributed by atoms with Crippen molar-refractivity contribution in [3.63, 3.8) is 0 Å². The van der Waals surface area contributed by atoms with Crippen molar-refractivity contribution in [1.82, 2.24) is 0 Å². The third-order valence-corrected chi connectivity index (χ3v) is 4.45. The standard InChI is InChI=1S/C19H16F2N2O2S/c1-10(2)26-17-5-4-12(9-22)6-14(17)19(25)23-16-8-13(20)7-15(21)18(16)11(3)24/h4-8,10H,1-3H3,(H,23,25). The highest BCUT2D eigenvalue weighted by atomic mass is 32.2. The minimum absolute atomic E-state index is 0.175. The number of carbonyl (C=O) groups is 2. The summed E-state index contributed by atoms with van der Waals surface area (Å²) in [6, 6.07) is 8.07. The summed E-state index contributed by atoms with van der Waals surface area (Å²) in [6.07, 6.45) is 0. The zero-order valence-corrected chi connectivity index (χ0v) is 15.2. The highest BCUT2D eigenvalue weighted by Gasteiger charge is 2.20. The lowest BCUT2D eigenvalue weighted by atomic mass is 10.1. The number of rotatable bonds is 5. The number of halogens is 2. The molecule has 0 atom stereocenters. The average molecular weight is 374 g/mol. The van der Waals surface area contributed by atoms with Gasteiger partial charge in [-0.3, -0.25) is 9.59 Å². The highest BCUT2D eigenvalue weighted by Crippen LogP contribution is 2.29. The van der Waals surface area contributed by atoms with Gasteiger partial charge in [0.05, 0.1) is 28.4 Å². The summed E-state index contributed by atoms with van der Waals surface area (Å²) in [5.74, 6) is -3.25. The van der Waals surface area contributed by atoms with Crippen molar-refractivity contribution < 1.29 is 18.4 Å². The smallest absolute Gasteiger partial charge is 0.256 e. The van der Waals surface area contributed by atoms with E-state index in [9.17, 15) is 18.4 Å². The number of hydrogen-bond acceptors (Lipinski definition) is 4. The number of nitriles is 1. The van der Waals surface area contributed by atoms with Gasteiger partial charge in [0, 0.05) is 16.2 Å². The fourth-order valence-corrected chi connectivity index (χ4v) is 3.29. The minimum Gasteiger partial charge on any atom is -0.321 e. The Morgan fingerprint density at radius 2 is 1.88 bits per heavy atom. The number of nitrogens with one attached hydrogen (secondary N) is 1. The number of anilines is 1. The topological polar surface area (TPSA) is 70.0 Å². The van der Waals surface area contributed by atoms with E-state index in [4.69, 9.17) is 5.26 Å². The molecule has 0 radical (unpaired) electrons. The van der Waals surface area contributed by atoms with Crippen molar-refractivity contribution in [2.24, 2.45) is 0 Å². The zero-order valence-electron chi connectivity index (χ0n) is 14.4. The summed E-state index contributed by atoms with van der Waals surface area (Å²) in [6.45, 7) is 5.02. The summed E-state index contributed by atoms with van der Waals surface area (Å²) in [4.78, 5) is 25.0. The van der Waals surface area contributed by atoms with Crippen molar-refractivity contribution in [2.45, 2.75) is 30.9 Å². The van der Waals surface area contributed by atoms with Gasteiger partial charge in [0.25, 0.3) is 5.91 Å². The Morgan fingerprint density at radius 3 is 2.46 bits per heavy atom. The number of hydrogen-bond donors (Lipinski definition) is 1. The second-order valence-electron chi connectivity index (χ2n) is 5.81. The van der Waals surface area contributed by atoms with Crippen LogP contribution in [0.15, 0.2) is 35.2 Å². The summed E-state index contributed by atoms with van der Waals surface area (Å²) < 4.78 is 27.5. The molecular weight excluding hydrogens is 358 g/mol. The quantitative estimate of drug-likeness (QED) is 0.603. The van der Waals surface area contributed by atoms with E-state index in [1.165, 1.54) is 17.8 Å². The van der Waals surface area contributed by atoms with Gasteiger partial charge in [0.2, 0.25) is 0 Å². The second kappa shape index (κ2) is 8.11. The van der Waals surface area contributed by atoms with E-state index in [-0.39, 0.29) is 22.1 Å². The number of Topliss-reactive ketones (excluding diaryl/α,β-unsaturated/α-hetero) is 1. The first-order chi connectivity index (χ1) is 12.2. The maximum absolute atomic E-state index is 13.9. The second-order valence-corrected chi connectivity index (χ2v) is 7.43. The lowest BCUT2D eigenvalue weighted by Gasteiger charge is -2.14. The van der Waals surface area contributed by atoms with E-state index in [0.717, 1.165) is 13.0 Å². The molecule has 0 fully saturated rings. The molecule has 2 aromatic carbocycles. The predicted molar refractivity (Wildman–Crippen MR) is 96.5 cm³/mol. The highest BCUT2D eigenvalue weighted by molar-refractivity contribution is 8.00. The van der Waals surface area contributed by atoms with Gasteiger partial charge in [-0.25, -0.2) is 8.78 Å². The van der Waals surface area contributed by atoms with Crippen LogP contribution >= 0.6 is 11.8 Å². The molecule has 4 nitrogen and oxygen atoms in total. The first-order valence-electron chi connectivity index (χ1n) is 7.75. The number of nitrogens with zero attached hydrogens (tertiary/aromatic N) is 1. The largest absolute Gasteiger partial charge is 0.321 e. The first kappa shape index (κ1) is 19.6. The van der Waals surface area contributed by atoms with E-state index < -0.39 is 28.9 Å². The summed E-state index contributed by atoms with van der Waals surface area (Å²) in [5.41, 5.74) is -0.167. The van der Waals surface area contributed by atoms with E-state index in [2.05, 4.69) is 5.32 Å². The number of ketones is 1. The van der Waals surface area contributed by atoms with Crippen molar-refractivity contribution >= 4 is 29.1 Å². The van der Waals surface area contributed by atoms with Crippen LogP contribution in [0.1, 0.15) is 47.1 Å². The predicted octanol–water partition coefficient (Wildman–Crippen LogP) is 4.79. The summed E-state index contributed by atoms with van der Waals surface area (Å²) in [5, 5.41) is 11.6. The van der Waals surface area contributed by atoms with Crippen molar-refractivity contribution in [3.8, 4) is 6.07 Å². The molecule has 0 spiro atoms. The third kappa shape index (κ3) is 4.46. The normalized spacial score (nSPS) is 10.5. The molecule has 1 N–H and O–H groups in total. The van der Waals surface area contributed by atoms with E-state index in [0.29, 0.717) is 11.0 Å². The molecule has 7 heteroatoms. The molecule has 0 aliphatic heterocycles. The van der Waals surface area contributed by atoms with Gasteiger partial charge in [-0.05, 0) is 31.2 Å². The fraction of sp³-hybridized carbons (Fsp3) is 0.211. The lowest BCUT2D eigenvalue weighted by Crippen LogP contribution is -2.17. The molecule has 26 heavy (non-hydrogen) atoms. The van der Waals surface area contributed by atoms with E-state index in [1.807, 2.05) is 19.9 Å². The molecule has 0 aliphatic rings. The maximum atomic E-state index is 13.9. The monoisotopic (exact) mass is 374 g/mol. The van der Waals surface area contributed by atoms with Crippen LogP contribution in [-0.2, 0) is 0 Å². The fourth-order valence-electron chi connectivity index (χ4n) is 2.35. The molecule has 0 saturated heterocycles. The minimum atomic E-state index is -1.05. The molecule has 0 aliphatic carbocycles. The van der Waals surface area contributed by atoms with Crippen LogP contribution in [0.2, 0.25) is 0 Å². The molecule has 0 saturated carbocycles. The van der Waals surface area contributed by atoms with Gasteiger partial charge in [-0.1, -0.05) is 13.8 Å². The zero-order chi connectivity index (χ0) is 19.4. The number of benzene rings is 2. The molecule has 0 aromatic heterocycles. The molecule has 0 unspecified atom stereocenters. The van der Waals surface area contributed by atoms with Crippen molar-refractivity contribution in [1.29, 1.82) is 5.26 Å². The van der Waals surface area contributed by atoms with Crippen molar-refractivity contribution in [2.75, 3.05) is 5.32 Å². The number of carbonyl (C=O) groups excluding carboxylic acids is 2. The number of amides is 1. The Bertz CT molecular complexity index is 920. The Labute approximate surface area is 154 Å². The average Bonchev–Trinajstić information content (AvgIpc) is 2.53. The van der Waals surface area contributed by atoms with Crippen LogP contribution in [0.4, 0.5) is 14.5 Å². The van der Waals surface area contributed by atoms with Gasteiger partial charge in [-0.15, -0.1) is 11.8 Å². The Balaban J connectivity index is 2.48. The molecule has 0 heterocycles. The van der Waals surface area contributed by atoms with Gasteiger partial charge >= 0.3 is 0 Å².